The minimum absolute atomic E-state index is 0.0843. The molecule has 1 N–H and O–H groups in total. The van der Waals surface area contributed by atoms with Crippen molar-refractivity contribution in [2.24, 2.45) is 0 Å². The summed E-state index contributed by atoms with van der Waals surface area (Å²) in [5.41, 5.74) is 2.79. The molecule has 2 heterocycles. The van der Waals surface area contributed by atoms with E-state index in [0.717, 1.165) is 25.1 Å². The smallest absolute Gasteiger partial charge is 0.220 e. The number of rotatable bonds is 5. The molecule has 94 valence electrons. The first-order valence-electron chi connectivity index (χ1n) is 6.04. The van der Waals surface area contributed by atoms with Crippen LogP contribution in [0.25, 0.3) is 0 Å². The van der Waals surface area contributed by atoms with Crippen molar-refractivity contribution in [1.29, 1.82) is 0 Å². The number of hydrogen-bond acceptors (Lipinski definition) is 4. The summed E-state index contributed by atoms with van der Waals surface area (Å²) < 4.78 is 5.54. The molecule has 1 aliphatic heterocycles. The van der Waals surface area contributed by atoms with Crippen molar-refractivity contribution in [3.8, 4) is 0 Å². The highest BCUT2D eigenvalue weighted by molar-refractivity contribution is 7.07. The molecule has 1 saturated heterocycles. The third-order valence-corrected chi connectivity index (χ3v) is 3.64. The summed E-state index contributed by atoms with van der Waals surface area (Å²) in [5.74, 6) is 0.0843. The number of nitrogens with zero attached hydrogens (tertiary/aromatic N) is 1. The summed E-state index contributed by atoms with van der Waals surface area (Å²) in [6, 6.07) is 0.112. The van der Waals surface area contributed by atoms with E-state index >= 15 is 0 Å². The molecule has 2 rings (SSSR count). The second kappa shape index (κ2) is 6.12. The van der Waals surface area contributed by atoms with Gasteiger partial charge in [0.1, 0.15) is 0 Å². The first-order chi connectivity index (χ1) is 8.25. The minimum atomic E-state index is 0.0843. The molecular weight excluding hydrogens is 236 g/mol. The van der Waals surface area contributed by atoms with Crippen LogP contribution in [0.15, 0.2) is 10.9 Å². The van der Waals surface area contributed by atoms with Crippen LogP contribution in [0.3, 0.4) is 0 Å². The van der Waals surface area contributed by atoms with Crippen molar-refractivity contribution in [2.45, 2.75) is 44.8 Å². The monoisotopic (exact) mass is 254 g/mol. The SMILES string of the molecule is CC(NC(=O)CCc1cscn1)C1CCCO1. The molecule has 0 radical (unpaired) electrons. The average Bonchev–Trinajstić information content (AvgIpc) is 2.99. The van der Waals surface area contributed by atoms with Crippen LogP contribution in [0.4, 0.5) is 0 Å². The molecule has 1 aromatic rings. The lowest BCUT2D eigenvalue weighted by atomic mass is 10.1. The van der Waals surface area contributed by atoms with Crippen molar-refractivity contribution in [2.75, 3.05) is 6.61 Å². The van der Waals surface area contributed by atoms with Crippen molar-refractivity contribution < 1.29 is 9.53 Å². The molecular formula is C12H18N2O2S. The number of thiazole rings is 1. The molecule has 0 bridgehead atoms. The van der Waals surface area contributed by atoms with E-state index in [1.807, 2.05) is 12.3 Å². The Hall–Kier alpha value is -0.940. The molecule has 17 heavy (non-hydrogen) atoms. The third-order valence-electron chi connectivity index (χ3n) is 3.00. The Labute approximate surface area is 105 Å². The summed E-state index contributed by atoms with van der Waals surface area (Å²) in [6.45, 7) is 2.83. The molecule has 4 nitrogen and oxygen atoms in total. The minimum Gasteiger partial charge on any atom is -0.376 e. The number of nitrogens with one attached hydrogen (secondary N) is 1. The molecule has 1 aliphatic rings. The standard InChI is InChI=1S/C12H18N2O2S/c1-9(11-3-2-6-16-11)14-12(15)5-4-10-7-17-8-13-10/h7-9,11H,2-6H2,1H3,(H,14,15). The van der Waals surface area contributed by atoms with Crippen LogP contribution in [0.2, 0.25) is 0 Å². The number of carbonyl (C=O) groups is 1. The zero-order valence-corrected chi connectivity index (χ0v) is 10.8. The van der Waals surface area contributed by atoms with Crippen LogP contribution < -0.4 is 5.32 Å². The Morgan fingerprint density at radius 1 is 1.76 bits per heavy atom. The molecule has 0 aromatic carbocycles. The van der Waals surface area contributed by atoms with E-state index in [4.69, 9.17) is 4.74 Å². The van der Waals surface area contributed by atoms with Gasteiger partial charge in [-0.25, -0.2) is 4.98 Å². The van der Waals surface area contributed by atoms with Crippen LogP contribution in [-0.2, 0) is 16.0 Å². The molecule has 0 saturated carbocycles. The molecule has 5 heteroatoms. The van der Waals surface area contributed by atoms with Crippen LogP contribution in [0, 0.1) is 0 Å². The van der Waals surface area contributed by atoms with Crippen molar-refractivity contribution >= 4 is 17.2 Å². The summed E-state index contributed by atoms with van der Waals surface area (Å²) >= 11 is 1.56. The first kappa shape index (κ1) is 12.5. The maximum absolute atomic E-state index is 11.7. The highest BCUT2D eigenvalue weighted by Crippen LogP contribution is 2.15. The van der Waals surface area contributed by atoms with E-state index in [-0.39, 0.29) is 18.1 Å². The highest BCUT2D eigenvalue weighted by Gasteiger charge is 2.23. The van der Waals surface area contributed by atoms with Gasteiger partial charge in [0.15, 0.2) is 0 Å². The maximum atomic E-state index is 11.7. The van der Waals surface area contributed by atoms with E-state index in [1.165, 1.54) is 0 Å². The van der Waals surface area contributed by atoms with Crippen LogP contribution in [0.5, 0.6) is 0 Å². The van der Waals surface area contributed by atoms with Gasteiger partial charge >= 0.3 is 0 Å². The zero-order chi connectivity index (χ0) is 12.1. The van der Waals surface area contributed by atoms with Gasteiger partial charge in [-0.3, -0.25) is 4.79 Å². The third kappa shape index (κ3) is 3.78. The molecule has 0 aliphatic carbocycles. The number of aryl methyl sites for hydroxylation is 1. The topological polar surface area (TPSA) is 51.2 Å². The molecule has 1 amide bonds. The average molecular weight is 254 g/mol. The maximum Gasteiger partial charge on any atom is 0.220 e. The van der Waals surface area contributed by atoms with Gasteiger partial charge in [0.2, 0.25) is 5.91 Å². The summed E-state index contributed by atoms with van der Waals surface area (Å²) in [5, 5.41) is 4.98. The van der Waals surface area contributed by atoms with Gasteiger partial charge in [-0.1, -0.05) is 0 Å². The molecule has 1 aromatic heterocycles. The van der Waals surface area contributed by atoms with Crippen LogP contribution in [-0.4, -0.2) is 29.6 Å². The highest BCUT2D eigenvalue weighted by atomic mass is 32.1. The Bertz CT molecular complexity index is 347. The van der Waals surface area contributed by atoms with E-state index < -0.39 is 0 Å². The molecule has 0 spiro atoms. The van der Waals surface area contributed by atoms with Crippen molar-refractivity contribution in [3.05, 3.63) is 16.6 Å². The van der Waals surface area contributed by atoms with Gasteiger partial charge in [-0.15, -0.1) is 11.3 Å². The van der Waals surface area contributed by atoms with Gasteiger partial charge in [-0.05, 0) is 26.2 Å². The normalized spacial score (nSPS) is 21.4. The number of hydrogen-bond donors (Lipinski definition) is 1. The Kier molecular flexibility index (Phi) is 4.50. The van der Waals surface area contributed by atoms with E-state index in [9.17, 15) is 4.79 Å². The molecule has 1 fully saturated rings. The van der Waals surface area contributed by atoms with Gasteiger partial charge in [-0.2, -0.15) is 0 Å². The van der Waals surface area contributed by atoms with E-state index in [0.29, 0.717) is 12.8 Å². The van der Waals surface area contributed by atoms with Crippen LogP contribution >= 0.6 is 11.3 Å². The first-order valence-corrected chi connectivity index (χ1v) is 6.98. The van der Waals surface area contributed by atoms with E-state index in [1.54, 1.807) is 16.8 Å². The largest absolute Gasteiger partial charge is 0.376 e. The zero-order valence-electron chi connectivity index (χ0n) is 10.0. The van der Waals surface area contributed by atoms with Crippen molar-refractivity contribution in [1.82, 2.24) is 10.3 Å². The fourth-order valence-electron chi connectivity index (χ4n) is 2.02. The predicted molar refractivity (Wildman–Crippen MR) is 67.0 cm³/mol. The number of amides is 1. The number of carbonyl (C=O) groups excluding carboxylic acids is 1. The lowest BCUT2D eigenvalue weighted by molar-refractivity contribution is -0.122. The summed E-state index contributed by atoms with van der Waals surface area (Å²) in [6.07, 6.45) is 3.56. The summed E-state index contributed by atoms with van der Waals surface area (Å²) in [7, 11) is 0. The van der Waals surface area contributed by atoms with Gasteiger partial charge in [0, 0.05) is 18.4 Å². The predicted octanol–water partition coefficient (Wildman–Crippen LogP) is 1.76. The van der Waals surface area contributed by atoms with Crippen molar-refractivity contribution in [3.63, 3.8) is 0 Å². The fourth-order valence-corrected chi connectivity index (χ4v) is 2.61. The number of ether oxygens (including phenoxy) is 1. The quantitative estimate of drug-likeness (QED) is 0.871. The van der Waals surface area contributed by atoms with Crippen LogP contribution in [0.1, 0.15) is 31.9 Å². The van der Waals surface area contributed by atoms with E-state index in [2.05, 4.69) is 10.3 Å². The lowest BCUT2D eigenvalue weighted by Gasteiger charge is -2.19. The second-order valence-corrected chi connectivity index (χ2v) is 5.11. The Morgan fingerprint density at radius 3 is 3.29 bits per heavy atom. The Morgan fingerprint density at radius 2 is 2.65 bits per heavy atom. The molecule has 2 atom stereocenters. The molecule has 2 unspecified atom stereocenters. The number of aromatic nitrogens is 1. The Balaban J connectivity index is 1.69. The van der Waals surface area contributed by atoms with Gasteiger partial charge < -0.3 is 10.1 Å². The second-order valence-electron chi connectivity index (χ2n) is 4.39. The fraction of sp³-hybridized carbons (Fsp3) is 0.667. The van der Waals surface area contributed by atoms with Gasteiger partial charge in [0.05, 0.1) is 23.4 Å². The summed E-state index contributed by atoms with van der Waals surface area (Å²) in [4.78, 5) is 15.9. The lowest BCUT2D eigenvalue weighted by Crippen LogP contribution is -2.40. The van der Waals surface area contributed by atoms with Gasteiger partial charge in [0.25, 0.3) is 0 Å².